The van der Waals surface area contributed by atoms with Gasteiger partial charge in [0.25, 0.3) is 0 Å². The first-order valence-corrected chi connectivity index (χ1v) is 11.2. The zero-order chi connectivity index (χ0) is 19.0. The SMILES string of the molecule is CC(C)S(=O)(=O)NCCCCCNc1ccc(N2CCN(C)CC2)cc1. The number of benzene rings is 1. The molecule has 148 valence electrons. The van der Waals surface area contributed by atoms with Crippen molar-refractivity contribution in [3.8, 4) is 0 Å². The van der Waals surface area contributed by atoms with Gasteiger partial charge >= 0.3 is 0 Å². The van der Waals surface area contributed by atoms with Crippen LogP contribution in [0.4, 0.5) is 11.4 Å². The molecule has 2 N–H and O–H groups in total. The molecule has 1 aliphatic heterocycles. The summed E-state index contributed by atoms with van der Waals surface area (Å²) in [5, 5.41) is 3.08. The predicted octanol–water partition coefficient (Wildman–Crippen LogP) is 2.35. The molecule has 26 heavy (non-hydrogen) atoms. The molecule has 0 spiro atoms. The molecule has 7 heteroatoms. The van der Waals surface area contributed by atoms with Crippen LogP contribution in [0.15, 0.2) is 24.3 Å². The van der Waals surface area contributed by atoms with Gasteiger partial charge in [0.15, 0.2) is 0 Å². The molecule has 0 bridgehead atoms. The lowest BCUT2D eigenvalue weighted by atomic mass is 10.2. The lowest BCUT2D eigenvalue weighted by Gasteiger charge is -2.34. The summed E-state index contributed by atoms with van der Waals surface area (Å²) in [6.45, 7) is 9.24. The number of nitrogens with zero attached hydrogens (tertiary/aromatic N) is 2. The number of hydrogen-bond acceptors (Lipinski definition) is 5. The Morgan fingerprint density at radius 2 is 1.58 bits per heavy atom. The van der Waals surface area contributed by atoms with Crippen molar-refractivity contribution in [2.24, 2.45) is 0 Å². The van der Waals surface area contributed by atoms with Crippen LogP contribution in [0.1, 0.15) is 33.1 Å². The number of sulfonamides is 1. The number of hydrogen-bond donors (Lipinski definition) is 2. The Kier molecular flexibility index (Phi) is 8.18. The highest BCUT2D eigenvalue weighted by Crippen LogP contribution is 2.19. The third-order valence-electron chi connectivity index (χ3n) is 4.84. The van der Waals surface area contributed by atoms with Crippen molar-refractivity contribution in [3.05, 3.63) is 24.3 Å². The molecule has 2 rings (SSSR count). The van der Waals surface area contributed by atoms with Crippen LogP contribution in [0.2, 0.25) is 0 Å². The highest BCUT2D eigenvalue weighted by atomic mass is 32.2. The lowest BCUT2D eigenvalue weighted by molar-refractivity contribution is 0.313. The fourth-order valence-corrected chi connectivity index (χ4v) is 3.66. The standard InChI is InChI=1S/C19H34N4O2S/c1-17(2)26(24,25)21-12-6-4-5-11-20-18-7-9-19(10-8-18)23-15-13-22(3)14-16-23/h7-10,17,20-21H,4-6,11-16H2,1-3H3. The fraction of sp³-hybridized carbons (Fsp3) is 0.684. The summed E-state index contributed by atoms with van der Waals surface area (Å²) in [6, 6.07) is 8.66. The Morgan fingerprint density at radius 1 is 0.962 bits per heavy atom. The summed E-state index contributed by atoms with van der Waals surface area (Å²) in [4.78, 5) is 4.79. The second kappa shape index (κ2) is 10.1. The number of piperazine rings is 1. The molecule has 1 aromatic rings. The van der Waals surface area contributed by atoms with E-state index in [1.54, 1.807) is 13.8 Å². The molecule has 1 fully saturated rings. The maximum Gasteiger partial charge on any atom is 0.213 e. The first kappa shape index (κ1) is 21.0. The van der Waals surface area contributed by atoms with Crippen LogP contribution in [0.3, 0.4) is 0 Å². The van der Waals surface area contributed by atoms with Gasteiger partial charge < -0.3 is 15.1 Å². The first-order valence-electron chi connectivity index (χ1n) is 9.64. The zero-order valence-corrected chi connectivity index (χ0v) is 17.2. The van der Waals surface area contributed by atoms with Crippen LogP contribution in [0, 0.1) is 0 Å². The third-order valence-corrected chi connectivity index (χ3v) is 6.69. The normalized spacial score (nSPS) is 16.2. The van der Waals surface area contributed by atoms with E-state index in [0.717, 1.165) is 57.7 Å². The number of unbranched alkanes of at least 4 members (excludes halogenated alkanes) is 2. The van der Waals surface area contributed by atoms with Crippen LogP contribution in [0.25, 0.3) is 0 Å². The minimum atomic E-state index is -3.12. The fourth-order valence-electron chi connectivity index (χ4n) is 2.90. The molecule has 1 heterocycles. The third kappa shape index (κ3) is 6.78. The van der Waals surface area contributed by atoms with Crippen molar-refractivity contribution in [2.75, 3.05) is 56.5 Å². The van der Waals surface area contributed by atoms with E-state index in [-0.39, 0.29) is 5.25 Å². The van der Waals surface area contributed by atoms with Gasteiger partial charge in [0.2, 0.25) is 10.0 Å². The molecule has 1 saturated heterocycles. The van der Waals surface area contributed by atoms with Gasteiger partial charge in [-0.25, -0.2) is 13.1 Å². The van der Waals surface area contributed by atoms with Gasteiger partial charge in [-0.3, -0.25) is 0 Å². The Bertz CT molecular complexity index is 623. The average molecular weight is 383 g/mol. The summed E-state index contributed by atoms with van der Waals surface area (Å²) in [5.41, 5.74) is 2.43. The molecule has 1 aliphatic rings. The zero-order valence-electron chi connectivity index (χ0n) is 16.4. The van der Waals surface area contributed by atoms with E-state index in [4.69, 9.17) is 0 Å². The van der Waals surface area contributed by atoms with Gasteiger partial charge in [-0.1, -0.05) is 6.42 Å². The number of likely N-dealkylation sites (N-methyl/N-ethyl adjacent to an activating group) is 1. The lowest BCUT2D eigenvalue weighted by Crippen LogP contribution is -2.44. The predicted molar refractivity (Wildman–Crippen MR) is 111 cm³/mol. The summed E-state index contributed by atoms with van der Waals surface area (Å²) in [7, 11) is -0.952. The molecule has 1 aromatic carbocycles. The molecule has 0 amide bonds. The van der Waals surface area contributed by atoms with Gasteiger partial charge in [0.05, 0.1) is 5.25 Å². The average Bonchev–Trinajstić information content (AvgIpc) is 2.62. The van der Waals surface area contributed by atoms with Crippen molar-refractivity contribution in [2.45, 2.75) is 38.4 Å². The van der Waals surface area contributed by atoms with Crippen LogP contribution >= 0.6 is 0 Å². The largest absolute Gasteiger partial charge is 0.385 e. The van der Waals surface area contributed by atoms with Crippen molar-refractivity contribution in [3.63, 3.8) is 0 Å². The van der Waals surface area contributed by atoms with E-state index in [2.05, 4.69) is 51.2 Å². The number of rotatable bonds is 10. The van der Waals surface area contributed by atoms with E-state index in [1.165, 1.54) is 5.69 Å². The smallest absolute Gasteiger partial charge is 0.213 e. The van der Waals surface area contributed by atoms with Gasteiger partial charge in [-0.2, -0.15) is 0 Å². The van der Waals surface area contributed by atoms with E-state index >= 15 is 0 Å². The molecule has 6 nitrogen and oxygen atoms in total. The Hall–Kier alpha value is -1.31. The molecule has 0 aliphatic carbocycles. The quantitative estimate of drug-likeness (QED) is 0.608. The Labute approximate surface area is 159 Å². The van der Waals surface area contributed by atoms with E-state index in [1.807, 2.05) is 0 Å². The molecular formula is C19H34N4O2S. The number of anilines is 2. The van der Waals surface area contributed by atoms with Gasteiger partial charge in [0, 0.05) is 50.6 Å². The first-order chi connectivity index (χ1) is 12.4. The van der Waals surface area contributed by atoms with Crippen molar-refractivity contribution < 1.29 is 8.42 Å². The van der Waals surface area contributed by atoms with Crippen molar-refractivity contribution in [1.82, 2.24) is 9.62 Å². The minimum absolute atomic E-state index is 0.363. The van der Waals surface area contributed by atoms with Crippen molar-refractivity contribution in [1.29, 1.82) is 0 Å². The second-order valence-corrected chi connectivity index (χ2v) is 9.63. The highest BCUT2D eigenvalue weighted by Gasteiger charge is 2.14. The Morgan fingerprint density at radius 3 is 2.19 bits per heavy atom. The molecular weight excluding hydrogens is 348 g/mol. The minimum Gasteiger partial charge on any atom is -0.385 e. The van der Waals surface area contributed by atoms with Crippen LogP contribution < -0.4 is 14.9 Å². The summed E-state index contributed by atoms with van der Waals surface area (Å²) >= 11 is 0. The van der Waals surface area contributed by atoms with Gasteiger partial charge in [-0.05, 0) is 58.0 Å². The maximum absolute atomic E-state index is 11.6. The topological polar surface area (TPSA) is 64.7 Å². The Balaban J connectivity index is 1.60. The van der Waals surface area contributed by atoms with E-state index in [0.29, 0.717) is 6.54 Å². The van der Waals surface area contributed by atoms with Crippen LogP contribution in [-0.4, -0.2) is 64.9 Å². The molecule has 0 saturated carbocycles. The van der Waals surface area contributed by atoms with Crippen LogP contribution in [-0.2, 0) is 10.0 Å². The highest BCUT2D eigenvalue weighted by molar-refractivity contribution is 7.90. The van der Waals surface area contributed by atoms with Crippen molar-refractivity contribution >= 4 is 21.4 Å². The molecule has 0 aromatic heterocycles. The maximum atomic E-state index is 11.6. The van der Waals surface area contributed by atoms with Crippen LogP contribution in [0.5, 0.6) is 0 Å². The second-order valence-electron chi connectivity index (χ2n) is 7.31. The van der Waals surface area contributed by atoms with Gasteiger partial charge in [0.1, 0.15) is 0 Å². The monoisotopic (exact) mass is 382 g/mol. The molecule has 0 radical (unpaired) electrons. The number of nitrogens with one attached hydrogen (secondary N) is 2. The summed E-state index contributed by atoms with van der Waals surface area (Å²) < 4.78 is 25.9. The summed E-state index contributed by atoms with van der Waals surface area (Å²) in [5.74, 6) is 0. The molecule has 0 atom stereocenters. The van der Waals surface area contributed by atoms with Gasteiger partial charge in [-0.15, -0.1) is 0 Å². The van der Waals surface area contributed by atoms with E-state index in [9.17, 15) is 8.42 Å². The van der Waals surface area contributed by atoms with E-state index < -0.39 is 10.0 Å². The molecule has 0 unspecified atom stereocenters. The summed E-state index contributed by atoms with van der Waals surface area (Å²) in [6.07, 6.45) is 2.91.